The Kier molecular flexibility index (Phi) is 6.19. The van der Waals surface area contributed by atoms with Gasteiger partial charge in [-0.1, -0.05) is 24.3 Å². The first-order valence-electron chi connectivity index (χ1n) is 9.01. The topological polar surface area (TPSA) is 74.3 Å². The third kappa shape index (κ3) is 5.05. The predicted octanol–water partition coefficient (Wildman–Crippen LogP) is 2.68. The maximum absolute atomic E-state index is 12.3. The summed E-state index contributed by atoms with van der Waals surface area (Å²) in [6.45, 7) is 1.78. The van der Waals surface area contributed by atoms with Crippen molar-refractivity contribution in [3.05, 3.63) is 60.4 Å². The van der Waals surface area contributed by atoms with Crippen LogP contribution >= 0.6 is 0 Å². The number of carbonyl (C=O) groups is 2. The Balaban J connectivity index is 1.38. The highest BCUT2D eigenvalue weighted by Crippen LogP contribution is 2.18. The van der Waals surface area contributed by atoms with Gasteiger partial charge in [0.05, 0.1) is 0 Å². The largest absolute Gasteiger partial charge is 0.355 e. The molecule has 0 spiro atoms. The molecule has 1 aliphatic heterocycles. The van der Waals surface area contributed by atoms with Crippen LogP contribution in [0, 0.1) is 5.92 Å². The molecule has 3 amide bonds. The van der Waals surface area contributed by atoms with Crippen molar-refractivity contribution in [2.45, 2.75) is 19.3 Å². The highest BCUT2D eigenvalue weighted by Gasteiger charge is 2.27. The highest BCUT2D eigenvalue weighted by atomic mass is 16.2. The number of benzene rings is 1. The lowest BCUT2D eigenvalue weighted by Crippen LogP contribution is -2.44. The van der Waals surface area contributed by atoms with E-state index in [1.165, 1.54) is 0 Å². The number of piperidine rings is 1. The van der Waals surface area contributed by atoms with Crippen LogP contribution in [0.5, 0.6) is 0 Å². The van der Waals surface area contributed by atoms with Gasteiger partial charge in [0, 0.05) is 49.6 Å². The van der Waals surface area contributed by atoms with Crippen LogP contribution in [0.3, 0.4) is 0 Å². The Hall–Kier alpha value is -2.89. The molecule has 1 saturated heterocycles. The number of aromatic nitrogens is 1. The summed E-state index contributed by atoms with van der Waals surface area (Å²) in [5.74, 6) is 0.0450. The van der Waals surface area contributed by atoms with Crippen LogP contribution in [0.1, 0.15) is 18.5 Å². The van der Waals surface area contributed by atoms with Gasteiger partial charge in [-0.05, 0) is 37.1 Å². The SMILES string of the molecule is O=C(NCCc1ccccn1)C1CCN(C(=O)Nc2ccccc2)CC1. The molecule has 0 atom stereocenters. The standard InChI is InChI=1S/C20H24N4O2/c25-19(22-13-9-17-6-4-5-12-21-17)16-10-14-24(15-11-16)20(26)23-18-7-2-1-3-8-18/h1-8,12,16H,9-11,13-15H2,(H,22,25)(H,23,26). The average Bonchev–Trinajstić information content (AvgIpc) is 2.69. The maximum Gasteiger partial charge on any atom is 0.321 e. The van der Waals surface area contributed by atoms with Gasteiger partial charge in [0.15, 0.2) is 0 Å². The minimum atomic E-state index is -0.106. The molecule has 1 aliphatic rings. The van der Waals surface area contributed by atoms with Gasteiger partial charge in [-0.3, -0.25) is 9.78 Å². The van der Waals surface area contributed by atoms with E-state index in [0.717, 1.165) is 17.8 Å². The zero-order chi connectivity index (χ0) is 18.2. The van der Waals surface area contributed by atoms with Crippen LogP contribution in [-0.4, -0.2) is 41.5 Å². The number of hydrogen-bond donors (Lipinski definition) is 2. The van der Waals surface area contributed by atoms with E-state index in [-0.39, 0.29) is 17.9 Å². The molecule has 3 rings (SSSR count). The first-order chi connectivity index (χ1) is 12.7. The number of anilines is 1. The summed E-state index contributed by atoms with van der Waals surface area (Å²) in [4.78, 5) is 30.6. The van der Waals surface area contributed by atoms with Crippen molar-refractivity contribution >= 4 is 17.6 Å². The van der Waals surface area contributed by atoms with Crippen LogP contribution in [-0.2, 0) is 11.2 Å². The quantitative estimate of drug-likeness (QED) is 0.869. The number of likely N-dealkylation sites (tertiary alicyclic amines) is 1. The number of para-hydroxylation sites is 1. The number of carbonyl (C=O) groups excluding carboxylic acids is 2. The average molecular weight is 352 g/mol. The van der Waals surface area contributed by atoms with E-state index in [1.54, 1.807) is 11.1 Å². The first-order valence-corrected chi connectivity index (χ1v) is 9.01. The minimum Gasteiger partial charge on any atom is -0.355 e. The molecule has 136 valence electrons. The van der Waals surface area contributed by atoms with Crippen molar-refractivity contribution in [3.63, 3.8) is 0 Å². The number of rotatable bonds is 5. The van der Waals surface area contributed by atoms with Crippen LogP contribution in [0.25, 0.3) is 0 Å². The van der Waals surface area contributed by atoms with Gasteiger partial charge in [0.25, 0.3) is 0 Å². The smallest absolute Gasteiger partial charge is 0.321 e. The second kappa shape index (κ2) is 8.99. The monoisotopic (exact) mass is 352 g/mol. The predicted molar refractivity (Wildman–Crippen MR) is 101 cm³/mol. The van der Waals surface area contributed by atoms with Gasteiger partial charge in [-0.25, -0.2) is 4.79 Å². The molecule has 2 N–H and O–H groups in total. The van der Waals surface area contributed by atoms with Gasteiger partial charge in [-0.2, -0.15) is 0 Å². The van der Waals surface area contributed by atoms with Crippen molar-refractivity contribution in [3.8, 4) is 0 Å². The molecule has 6 heteroatoms. The number of amides is 3. The number of nitrogens with one attached hydrogen (secondary N) is 2. The van der Waals surface area contributed by atoms with Crippen molar-refractivity contribution in [2.24, 2.45) is 5.92 Å². The van der Waals surface area contributed by atoms with Gasteiger partial charge in [0.1, 0.15) is 0 Å². The van der Waals surface area contributed by atoms with Crippen molar-refractivity contribution in [2.75, 3.05) is 25.0 Å². The second-order valence-corrected chi connectivity index (χ2v) is 6.42. The van der Waals surface area contributed by atoms with Crippen LogP contribution in [0.2, 0.25) is 0 Å². The molecule has 26 heavy (non-hydrogen) atoms. The van der Waals surface area contributed by atoms with E-state index >= 15 is 0 Å². The molecule has 1 fully saturated rings. The third-order valence-electron chi connectivity index (χ3n) is 4.58. The minimum absolute atomic E-state index is 0.0282. The molecule has 0 unspecified atom stereocenters. The van der Waals surface area contributed by atoms with Gasteiger partial charge >= 0.3 is 6.03 Å². The number of hydrogen-bond acceptors (Lipinski definition) is 3. The van der Waals surface area contributed by atoms with Crippen molar-refractivity contribution in [1.29, 1.82) is 0 Å². The first kappa shape index (κ1) is 17.9. The van der Waals surface area contributed by atoms with E-state index in [9.17, 15) is 9.59 Å². The molecular weight excluding hydrogens is 328 g/mol. The van der Waals surface area contributed by atoms with E-state index in [0.29, 0.717) is 32.5 Å². The van der Waals surface area contributed by atoms with Gasteiger partial charge in [0.2, 0.25) is 5.91 Å². The molecule has 2 heterocycles. The van der Waals surface area contributed by atoms with Crippen LogP contribution < -0.4 is 10.6 Å². The maximum atomic E-state index is 12.3. The van der Waals surface area contributed by atoms with E-state index in [1.807, 2.05) is 48.5 Å². The molecule has 0 radical (unpaired) electrons. The Morgan fingerprint density at radius 3 is 2.46 bits per heavy atom. The molecule has 1 aromatic heterocycles. The lowest BCUT2D eigenvalue weighted by molar-refractivity contribution is -0.126. The Morgan fingerprint density at radius 1 is 1.04 bits per heavy atom. The van der Waals surface area contributed by atoms with Crippen LogP contribution in [0.15, 0.2) is 54.7 Å². The molecule has 1 aromatic carbocycles. The molecule has 0 aliphatic carbocycles. The van der Waals surface area contributed by atoms with Crippen LogP contribution in [0.4, 0.5) is 10.5 Å². The zero-order valence-corrected chi connectivity index (χ0v) is 14.7. The molecule has 2 aromatic rings. The van der Waals surface area contributed by atoms with Gasteiger partial charge in [-0.15, -0.1) is 0 Å². The van der Waals surface area contributed by atoms with E-state index < -0.39 is 0 Å². The second-order valence-electron chi connectivity index (χ2n) is 6.42. The molecule has 0 saturated carbocycles. The fraction of sp³-hybridized carbons (Fsp3) is 0.350. The fourth-order valence-electron chi connectivity index (χ4n) is 3.07. The Morgan fingerprint density at radius 2 is 1.77 bits per heavy atom. The third-order valence-corrected chi connectivity index (χ3v) is 4.58. The summed E-state index contributed by atoms with van der Waals surface area (Å²) in [6, 6.07) is 15.1. The Bertz CT molecular complexity index is 713. The van der Waals surface area contributed by atoms with Crippen molar-refractivity contribution < 1.29 is 9.59 Å². The number of nitrogens with zero attached hydrogens (tertiary/aromatic N) is 2. The highest BCUT2D eigenvalue weighted by molar-refractivity contribution is 5.89. The summed E-state index contributed by atoms with van der Waals surface area (Å²) in [5, 5.41) is 5.87. The lowest BCUT2D eigenvalue weighted by Gasteiger charge is -2.31. The summed E-state index contributed by atoms with van der Waals surface area (Å²) >= 11 is 0. The fourth-order valence-corrected chi connectivity index (χ4v) is 3.07. The number of urea groups is 1. The molecule has 6 nitrogen and oxygen atoms in total. The molecular formula is C20H24N4O2. The normalized spacial score (nSPS) is 14.7. The zero-order valence-electron chi connectivity index (χ0n) is 14.7. The number of pyridine rings is 1. The van der Waals surface area contributed by atoms with Crippen molar-refractivity contribution in [1.82, 2.24) is 15.2 Å². The van der Waals surface area contributed by atoms with Gasteiger partial charge < -0.3 is 15.5 Å². The summed E-state index contributed by atoms with van der Waals surface area (Å²) in [7, 11) is 0. The molecule has 0 bridgehead atoms. The Labute approximate surface area is 153 Å². The summed E-state index contributed by atoms with van der Waals surface area (Å²) in [6.07, 6.45) is 3.87. The lowest BCUT2D eigenvalue weighted by atomic mass is 9.96. The van der Waals surface area contributed by atoms with E-state index in [2.05, 4.69) is 15.6 Å². The summed E-state index contributed by atoms with van der Waals surface area (Å²) < 4.78 is 0. The summed E-state index contributed by atoms with van der Waals surface area (Å²) in [5.41, 5.74) is 1.76. The van der Waals surface area contributed by atoms with E-state index in [4.69, 9.17) is 0 Å².